The number of hydrogen-bond acceptors (Lipinski definition) is 2. The molecule has 66 valence electrons. The van der Waals surface area contributed by atoms with E-state index in [4.69, 9.17) is 5.84 Å². The Labute approximate surface area is 65.2 Å². The summed E-state index contributed by atoms with van der Waals surface area (Å²) < 4.78 is 36.3. The Morgan fingerprint density at radius 1 is 1.42 bits per heavy atom. The summed E-state index contributed by atoms with van der Waals surface area (Å²) in [5.41, 5.74) is -1.88. The molecule has 6 heteroatoms. The van der Waals surface area contributed by atoms with Crippen LogP contribution in [0.25, 0.3) is 0 Å². The zero-order chi connectivity index (χ0) is 9.35. The Kier molecular flexibility index (Phi) is 1.83. The summed E-state index contributed by atoms with van der Waals surface area (Å²) in [6.45, 7) is 0. The maximum atomic E-state index is 12.0. The highest BCUT2D eigenvalue weighted by Crippen LogP contribution is 2.26. The van der Waals surface area contributed by atoms with E-state index in [1.807, 2.05) is 0 Å². The van der Waals surface area contributed by atoms with Crippen molar-refractivity contribution in [2.75, 3.05) is 5.84 Å². The highest BCUT2D eigenvalue weighted by molar-refractivity contribution is 5.10. The average molecular weight is 178 g/mol. The molecule has 0 aliphatic carbocycles. The highest BCUT2D eigenvalue weighted by atomic mass is 19.4. The van der Waals surface area contributed by atoms with Crippen LogP contribution in [-0.2, 0) is 6.18 Å². The first kappa shape index (κ1) is 8.63. The number of rotatable bonds is 0. The number of aromatic nitrogens is 1. The number of alkyl halides is 3. The third-order valence-corrected chi connectivity index (χ3v) is 1.25. The third kappa shape index (κ3) is 1.58. The SMILES string of the molecule is Nn1ccc(=O)cc1C(F)(F)F. The van der Waals surface area contributed by atoms with Gasteiger partial charge in [-0.3, -0.25) is 9.47 Å². The van der Waals surface area contributed by atoms with Gasteiger partial charge >= 0.3 is 6.18 Å². The maximum Gasteiger partial charge on any atom is 0.433 e. The summed E-state index contributed by atoms with van der Waals surface area (Å²) >= 11 is 0. The summed E-state index contributed by atoms with van der Waals surface area (Å²) in [6.07, 6.45) is -3.72. The first-order valence-corrected chi connectivity index (χ1v) is 2.96. The van der Waals surface area contributed by atoms with Crippen molar-refractivity contribution >= 4 is 0 Å². The molecule has 0 aliphatic rings. The number of nitrogens with zero attached hydrogens (tertiary/aromatic N) is 1. The number of pyridine rings is 1. The molecule has 1 aromatic heterocycles. The predicted molar refractivity (Wildman–Crippen MR) is 35.9 cm³/mol. The zero-order valence-electron chi connectivity index (χ0n) is 5.80. The van der Waals surface area contributed by atoms with E-state index in [0.717, 1.165) is 12.3 Å². The normalized spacial score (nSPS) is 11.6. The molecule has 0 unspecified atom stereocenters. The van der Waals surface area contributed by atoms with Gasteiger partial charge in [-0.05, 0) is 0 Å². The first-order chi connectivity index (χ1) is 5.41. The van der Waals surface area contributed by atoms with Crippen LogP contribution in [0.3, 0.4) is 0 Å². The lowest BCUT2D eigenvalue weighted by atomic mass is 10.3. The van der Waals surface area contributed by atoms with Gasteiger partial charge in [0, 0.05) is 18.3 Å². The van der Waals surface area contributed by atoms with Crippen molar-refractivity contribution in [1.82, 2.24) is 4.68 Å². The largest absolute Gasteiger partial charge is 0.433 e. The maximum absolute atomic E-state index is 12.0. The van der Waals surface area contributed by atoms with E-state index in [-0.39, 0.29) is 0 Å². The highest BCUT2D eigenvalue weighted by Gasteiger charge is 2.33. The van der Waals surface area contributed by atoms with Gasteiger partial charge in [-0.2, -0.15) is 13.2 Å². The molecule has 0 aromatic carbocycles. The molecule has 12 heavy (non-hydrogen) atoms. The first-order valence-electron chi connectivity index (χ1n) is 2.96. The predicted octanol–water partition coefficient (Wildman–Crippen LogP) is 0.581. The van der Waals surface area contributed by atoms with Crippen molar-refractivity contribution in [2.24, 2.45) is 0 Å². The number of nitrogen functional groups attached to an aromatic ring is 1. The topological polar surface area (TPSA) is 48.0 Å². The molecule has 0 aliphatic heterocycles. The molecule has 0 amide bonds. The van der Waals surface area contributed by atoms with Crippen LogP contribution < -0.4 is 11.3 Å². The fourth-order valence-corrected chi connectivity index (χ4v) is 0.720. The second-order valence-corrected chi connectivity index (χ2v) is 2.15. The Hall–Kier alpha value is -1.46. The summed E-state index contributed by atoms with van der Waals surface area (Å²) in [6, 6.07) is 1.40. The minimum Gasteiger partial charge on any atom is -0.339 e. The third-order valence-electron chi connectivity index (χ3n) is 1.25. The quantitative estimate of drug-likeness (QED) is 0.591. The number of hydrogen-bond donors (Lipinski definition) is 1. The van der Waals surface area contributed by atoms with Gasteiger partial charge in [0.05, 0.1) is 0 Å². The summed E-state index contributed by atoms with van der Waals surface area (Å²) in [4.78, 5) is 10.5. The lowest BCUT2D eigenvalue weighted by Gasteiger charge is -2.09. The molecule has 1 heterocycles. The molecule has 0 fully saturated rings. The Bertz CT molecular complexity index is 341. The second kappa shape index (κ2) is 2.54. The zero-order valence-corrected chi connectivity index (χ0v) is 5.80. The molecule has 0 spiro atoms. The van der Waals surface area contributed by atoms with E-state index >= 15 is 0 Å². The van der Waals surface area contributed by atoms with E-state index in [9.17, 15) is 18.0 Å². The van der Waals surface area contributed by atoms with Crippen molar-refractivity contribution in [2.45, 2.75) is 6.18 Å². The van der Waals surface area contributed by atoms with Crippen molar-refractivity contribution in [3.63, 3.8) is 0 Å². The van der Waals surface area contributed by atoms with Crippen molar-refractivity contribution < 1.29 is 13.2 Å². The van der Waals surface area contributed by atoms with E-state index in [1.165, 1.54) is 0 Å². The summed E-state index contributed by atoms with van der Waals surface area (Å²) in [7, 11) is 0. The summed E-state index contributed by atoms with van der Waals surface area (Å²) in [5, 5.41) is 0. The van der Waals surface area contributed by atoms with Gasteiger partial charge in [0.25, 0.3) is 0 Å². The Morgan fingerprint density at radius 2 is 2.00 bits per heavy atom. The molecule has 1 aromatic rings. The van der Waals surface area contributed by atoms with Crippen LogP contribution >= 0.6 is 0 Å². The number of nitrogens with two attached hydrogens (primary N) is 1. The van der Waals surface area contributed by atoms with E-state index in [2.05, 4.69) is 0 Å². The van der Waals surface area contributed by atoms with Crippen LogP contribution in [0.4, 0.5) is 13.2 Å². The minimum atomic E-state index is -4.59. The molecular formula is C6H5F3N2O. The standard InChI is InChI=1S/C6H5F3N2O/c7-6(8,9)5-3-4(12)1-2-11(5)10/h1-3H,10H2. The minimum absolute atomic E-state index is 0.362. The van der Waals surface area contributed by atoms with Gasteiger partial charge in [0.2, 0.25) is 0 Å². The molecule has 2 N–H and O–H groups in total. The fraction of sp³-hybridized carbons (Fsp3) is 0.167. The van der Waals surface area contributed by atoms with Crippen LogP contribution in [0.1, 0.15) is 5.69 Å². The Balaban J connectivity index is 3.33. The molecule has 0 radical (unpaired) electrons. The van der Waals surface area contributed by atoms with Gasteiger partial charge in [0.15, 0.2) is 5.43 Å². The molecule has 1 rings (SSSR count). The fourth-order valence-electron chi connectivity index (χ4n) is 0.720. The van der Waals surface area contributed by atoms with Crippen LogP contribution in [0.15, 0.2) is 23.1 Å². The Morgan fingerprint density at radius 3 is 2.42 bits per heavy atom. The molecule has 0 saturated heterocycles. The lowest BCUT2D eigenvalue weighted by molar-refractivity contribution is -0.143. The van der Waals surface area contributed by atoms with Gasteiger partial charge in [0.1, 0.15) is 5.69 Å². The second-order valence-electron chi connectivity index (χ2n) is 2.15. The molecular weight excluding hydrogens is 173 g/mol. The van der Waals surface area contributed by atoms with Gasteiger partial charge in [-0.15, -0.1) is 0 Å². The van der Waals surface area contributed by atoms with E-state index < -0.39 is 17.3 Å². The number of halogens is 3. The molecule has 3 nitrogen and oxygen atoms in total. The van der Waals surface area contributed by atoms with Crippen molar-refractivity contribution in [3.05, 3.63) is 34.2 Å². The van der Waals surface area contributed by atoms with Gasteiger partial charge < -0.3 is 5.84 Å². The van der Waals surface area contributed by atoms with E-state index in [1.54, 1.807) is 0 Å². The van der Waals surface area contributed by atoms with Crippen molar-refractivity contribution in [1.29, 1.82) is 0 Å². The molecule has 0 atom stereocenters. The van der Waals surface area contributed by atoms with Crippen molar-refractivity contribution in [3.8, 4) is 0 Å². The van der Waals surface area contributed by atoms with Crippen LogP contribution in [-0.4, -0.2) is 4.68 Å². The summed E-state index contributed by atoms with van der Waals surface area (Å²) in [5.74, 6) is 4.93. The van der Waals surface area contributed by atoms with Gasteiger partial charge in [-0.25, -0.2) is 0 Å². The van der Waals surface area contributed by atoms with Crippen LogP contribution in [0.5, 0.6) is 0 Å². The molecule has 0 bridgehead atoms. The molecule has 0 saturated carbocycles. The smallest absolute Gasteiger partial charge is 0.339 e. The average Bonchev–Trinajstić information content (AvgIpc) is 1.92. The van der Waals surface area contributed by atoms with Crippen LogP contribution in [0.2, 0.25) is 0 Å². The van der Waals surface area contributed by atoms with Crippen LogP contribution in [0, 0.1) is 0 Å². The lowest BCUT2D eigenvalue weighted by Crippen LogP contribution is -2.24. The van der Waals surface area contributed by atoms with Gasteiger partial charge in [-0.1, -0.05) is 0 Å². The van der Waals surface area contributed by atoms with E-state index in [0.29, 0.717) is 10.7 Å². The monoisotopic (exact) mass is 178 g/mol.